The minimum absolute atomic E-state index is 0.00970. The standard InChI is InChI=1S/C18H21N3O5/c1-25-13-4-6-14(7-5-13)26-11-12-3-2-8-21(10-12)17(23)15-9-16(22)20-18(24)19-15/h4-7,9,12H,2-3,8,10-11H2,1H3,(H2,19,20,22,24). The summed E-state index contributed by atoms with van der Waals surface area (Å²) in [7, 11) is 1.61. The number of H-pyrrole nitrogens is 2. The van der Waals surface area contributed by atoms with Crippen molar-refractivity contribution in [3.63, 3.8) is 0 Å². The first kappa shape index (κ1) is 17.8. The van der Waals surface area contributed by atoms with Gasteiger partial charge in [-0.2, -0.15) is 0 Å². The molecule has 1 aliphatic rings. The fraction of sp³-hybridized carbons (Fsp3) is 0.389. The van der Waals surface area contributed by atoms with E-state index < -0.39 is 11.2 Å². The Kier molecular flexibility index (Phi) is 5.40. The zero-order valence-electron chi connectivity index (χ0n) is 14.5. The Morgan fingerprint density at radius 1 is 1.19 bits per heavy atom. The van der Waals surface area contributed by atoms with Crippen LogP contribution in [0.25, 0.3) is 0 Å². The number of hydrogen-bond acceptors (Lipinski definition) is 5. The van der Waals surface area contributed by atoms with E-state index in [-0.39, 0.29) is 17.5 Å². The monoisotopic (exact) mass is 359 g/mol. The van der Waals surface area contributed by atoms with Gasteiger partial charge in [-0.25, -0.2) is 4.79 Å². The number of hydrogen-bond donors (Lipinski definition) is 2. The molecular formula is C18H21N3O5. The van der Waals surface area contributed by atoms with Crippen molar-refractivity contribution in [1.82, 2.24) is 14.9 Å². The Morgan fingerprint density at radius 2 is 1.92 bits per heavy atom. The summed E-state index contributed by atoms with van der Waals surface area (Å²) in [4.78, 5) is 41.4. The van der Waals surface area contributed by atoms with E-state index in [2.05, 4.69) is 9.97 Å². The third kappa shape index (κ3) is 4.33. The molecule has 1 atom stereocenters. The van der Waals surface area contributed by atoms with Gasteiger partial charge in [0, 0.05) is 25.1 Å². The van der Waals surface area contributed by atoms with Crippen molar-refractivity contribution in [2.24, 2.45) is 5.92 Å². The maximum atomic E-state index is 12.5. The van der Waals surface area contributed by atoms with E-state index in [9.17, 15) is 14.4 Å². The molecular weight excluding hydrogens is 338 g/mol. The third-order valence-electron chi connectivity index (χ3n) is 4.34. The van der Waals surface area contributed by atoms with Gasteiger partial charge in [-0.05, 0) is 37.1 Å². The van der Waals surface area contributed by atoms with Crippen LogP contribution in [0.1, 0.15) is 23.3 Å². The molecule has 1 fully saturated rings. The second kappa shape index (κ2) is 7.90. The summed E-state index contributed by atoms with van der Waals surface area (Å²) < 4.78 is 10.9. The number of rotatable bonds is 5. The molecule has 3 rings (SSSR count). The fourth-order valence-corrected chi connectivity index (χ4v) is 3.03. The largest absolute Gasteiger partial charge is 0.497 e. The van der Waals surface area contributed by atoms with Crippen molar-refractivity contribution in [3.05, 3.63) is 56.9 Å². The first-order valence-corrected chi connectivity index (χ1v) is 8.45. The Balaban J connectivity index is 1.60. The molecule has 2 aromatic rings. The van der Waals surface area contributed by atoms with Crippen LogP contribution in [-0.2, 0) is 0 Å². The lowest BCUT2D eigenvalue weighted by Crippen LogP contribution is -2.43. The molecule has 1 amide bonds. The van der Waals surface area contributed by atoms with Gasteiger partial charge in [0.05, 0.1) is 13.7 Å². The summed E-state index contributed by atoms with van der Waals surface area (Å²) in [5.41, 5.74) is -1.26. The Morgan fingerprint density at radius 3 is 2.62 bits per heavy atom. The van der Waals surface area contributed by atoms with E-state index in [4.69, 9.17) is 9.47 Å². The number of piperidine rings is 1. The van der Waals surface area contributed by atoms with Crippen LogP contribution in [-0.4, -0.2) is 47.6 Å². The van der Waals surface area contributed by atoms with E-state index in [1.807, 2.05) is 24.3 Å². The van der Waals surface area contributed by atoms with Crippen LogP contribution in [0.15, 0.2) is 39.9 Å². The molecule has 0 aliphatic carbocycles. The van der Waals surface area contributed by atoms with E-state index in [0.29, 0.717) is 19.7 Å². The molecule has 2 heterocycles. The van der Waals surface area contributed by atoms with E-state index in [1.54, 1.807) is 12.0 Å². The summed E-state index contributed by atoms with van der Waals surface area (Å²) in [6.45, 7) is 1.60. The van der Waals surface area contributed by atoms with Gasteiger partial charge in [0.25, 0.3) is 11.5 Å². The highest BCUT2D eigenvalue weighted by molar-refractivity contribution is 5.92. The number of nitrogens with zero attached hydrogens (tertiary/aromatic N) is 1. The quantitative estimate of drug-likeness (QED) is 0.829. The molecule has 26 heavy (non-hydrogen) atoms. The number of nitrogens with one attached hydrogen (secondary N) is 2. The van der Waals surface area contributed by atoms with Gasteiger partial charge >= 0.3 is 5.69 Å². The summed E-state index contributed by atoms with van der Waals surface area (Å²) in [5, 5.41) is 0. The normalized spacial score (nSPS) is 17.0. The maximum Gasteiger partial charge on any atom is 0.326 e. The molecule has 1 aromatic heterocycles. The molecule has 2 N–H and O–H groups in total. The van der Waals surface area contributed by atoms with Crippen LogP contribution in [0.5, 0.6) is 11.5 Å². The first-order valence-electron chi connectivity index (χ1n) is 8.45. The second-order valence-corrected chi connectivity index (χ2v) is 6.25. The number of benzene rings is 1. The lowest BCUT2D eigenvalue weighted by molar-refractivity contribution is 0.0627. The van der Waals surface area contributed by atoms with Gasteiger partial charge in [-0.3, -0.25) is 14.6 Å². The van der Waals surface area contributed by atoms with Gasteiger partial charge in [-0.1, -0.05) is 0 Å². The topological polar surface area (TPSA) is 104 Å². The molecule has 138 valence electrons. The van der Waals surface area contributed by atoms with Gasteiger partial charge < -0.3 is 19.4 Å². The van der Waals surface area contributed by atoms with Gasteiger partial charge in [0.15, 0.2) is 0 Å². The van der Waals surface area contributed by atoms with Crippen molar-refractivity contribution in [3.8, 4) is 11.5 Å². The second-order valence-electron chi connectivity index (χ2n) is 6.25. The van der Waals surface area contributed by atoms with E-state index in [1.165, 1.54) is 0 Å². The Labute approximate surface area is 149 Å². The predicted molar refractivity (Wildman–Crippen MR) is 94.8 cm³/mol. The van der Waals surface area contributed by atoms with Crippen molar-refractivity contribution in [2.75, 3.05) is 26.8 Å². The van der Waals surface area contributed by atoms with Crippen molar-refractivity contribution in [2.45, 2.75) is 12.8 Å². The molecule has 1 aromatic carbocycles. The fourth-order valence-electron chi connectivity index (χ4n) is 3.03. The third-order valence-corrected chi connectivity index (χ3v) is 4.34. The van der Waals surface area contributed by atoms with Crippen LogP contribution in [0.2, 0.25) is 0 Å². The minimum atomic E-state index is -0.683. The molecule has 0 spiro atoms. The molecule has 1 unspecified atom stereocenters. The number of carbonyl (C=O) groups excluding carboxylic acids is 1. The highest BCUT2D eigenvalue weighted by Crippen LogP contribution is 2.21. The lowest BCUT2D eigenvalue weighted by Gasteiger charge is -2.32. The molecule has 1 aliphatic heterocycles. The van der Waals surface area contributed by atoms with Crippen molar-refractivity contribution in [1.29, 1.82) is 0 Å². The number of aromatic amines is 2. The average Bonchev–Trinajstić information content (AvgIpc) is 2.65. The van der Waals surface area contributed by atoms with Crippen molar-refractivity contribution < 1.29 is 14.3 Å². The molecule has 0 bridgehead atoms. The van der Waals surface area contributed by atoms with Gasteiger partial charge in [0.2, 0.25) is 0 Å². The van der Waals surface area contributed by atoms with Crippen LogP contribution in [0.3, 0.4) is 0 Å². The summed E-state index contributed by atoms with van der Waals surface area (Å²) in [6, 6.07) is 8.45. The van der Waals surface area contributed by atoms with Crippen LogP contribution >= 0.6 is 0 Å². The highest BCUT2D eigenvalue weighted by atomic mass is 16.5. The number of carbonyl (C=O) groups is 1. The molecule has 1 saturated heterocycles. The molecule has 8 heteroatoms. The lowest BCUT2D eigenvalue weighted by atomic mass is 9.98. The number of ether oxygens (including phenoxy) is 2. The number of likely N-dealkylation sites (tertiary alicyclic amines) is 1. The maximum absolute atomic E-state index is 12.5. The van der Waals surface area contributed by atoms with E-state index in [0.717, 1.165) is 30.4 Å². The summed E-state index contributed by atoms with van der Waals surface area (Å²) in [6.07, 6.45) is 1.79. The molecule has 0 radical (unpaired) electrons. The number of methoxy groups -OCH3 is 1. The predicted octanol–water partition coefficient (Wildman–Crippen LogP) is 1.00. The summed E-state index contributed by atoms with van der Waals surface area (Å²) in [5.74, 6) is 1.35. The first-order chi connectivity index (χ1) is 12.5. The van der Waals surface area contributed by atoms with Crippen LogP contribution < -0.4 is 20.7 Å². The summed E-state index contributed by atoms with van der Waals surface area (Å²) >= 11 is 0. The smallest absolute Gasteiger partial charge is 0.326 e. The van der Waals surface area contributed by atoms with Crippen molar-refractivity contribution >= 4 is 5.91 Å². The number of aromatic nitrogens is 2. The van der Waals surface area contributed by atoms with E-state index >= 15 is 0 Å². The average molecular weight is 359 g/mol. The molecule has 8 nitrogen and oxygen atoms in total. The minimum Gasteiger partial charge on any atom is -0.497 e. The Hall–Kier alpha value is -3.03. The van der Waals surface area contributed by atoms with Gasteiger partial charge in [-0.15, -0.1) is 0 Å². The zero-order chi connectivity index (χ0) is 18.5. The number of amides is 1. The van der Waals surface area contributed by atoms with Crippen LogP contribution in [0, 0.1) is 5.92 Å². The SMILES string of the molecule is COc1ccc(OCC2CCCN(C(=O)c3cc(=O)[nH]c(=O)[nH]3)C2)cc1. The van der Waals surface area contributed by atoms with Crippen LogP contribution in [0.4, 0.5) is 0 Å². The van der Waals surface area contributed by atoms with Gasteiger partial charge in [0.1, 0.15) is 17.2 Å². The highest BCUT2D eigenvalue weighted by Gasteiger charge is 2.25. The zero-order valence-corrected chi connectivity index (χ0v) is 14.5. The molecule has 0 saturated carbocycles. The Bertz CT molecular complexity index is 843.